The molecular weight excluding hydrogens is 350 g/mol. The molecule has 0 saturated heterocycles. The molecular formula is C21H14ClNO3. The highest BCUT2D eigenvalue weighted by Gasteiger charge is 2.12. The van der Waals surface area contributed by atoms with Crippen LogP contribution in [-0.2, 0) is 0 Å². The van der Waals surface area contributed by atoms with Crippen molar-refractivity contribution in [1.29, 1.82) is 0 Å². The van der Waals surface area contributed by atoms with Crippen molar-refractivity contribution in [2.45, 2.75) is 6.92 Å². The van der Waals surface area contributed by atoms with Crippen molar-refractivity contribution in [2.24, 2.45) is 0 Å². The Morgan fingerprint density at radius 2 is 1.81 bits per heavy atom. The van der Waals surface area contributed by atoms with Gasteiger partial charge in [0.1, 0.15) is 5.58 Å². The zero-order valence-electron chi connectivity index (χ0n) is 13.9. The monoisotopic (exact) mass is 363 g/mol. The van der Waals surface area contributed by atoms with Gasteiger partial charge >= 0.3 is 0 Å². The van der Waals surface area contributed by atoms with Gasteiger partial charge in [0, 0.05) is 17.3 Å². The molecule has 0 atom stereocenters. The van der Waals surface area contributed by atoms with E-state index in [0.29, 0.717) is 38.2 Å². The lowest BCUT2D eigenvalue weighted by atomic mass is 10.1. The average Bonchev–Trinajstić information content (AvgIpc) is 2.63. The number of benzene rings is 3. The van der Waals surface area contributed by atoms with E-state index >= 15 is 0 Å². The summed E-state index contributed by atoms with van der Waals surface area (Å²) in [5.74, 6) is -0.228. The van der Waals surface area contributed by atoms with Crippen LogP contribution >= 0.6 is 11.6 Å². The molecule has 1 amide bonds. The zero-order valence-corrected chi connectivity index (χ0v) is 14.6. The van der Waals surface area contributed by atoms with Crippen LogP contribution < -0.4 is 10.7 Å². The van der Waals surface area contributed by atoms with Crippen LogP contribution in [0.25, 0.3) is 21.9 Å². The number of anilines is 1. The fourth-order valence-electron chi connectivity index (χ4n) is 2.91. The van der Waals surface area contributed by atoms with Gasteiger partial charge in [0.25, 0.3) is 5.91 Å². The minimum atomic E-state index is -0.228. The van der Waals surface area contributed by atoms with Crippen LogP contribution in [0.4, 0.5) is 5.69 Å². The van der Waals surface area contributed by atoms with Gasteiger partial charge in [0.05, 0.1) is 15.8 Å². The fourth-order valence-corrected chi connectivity index (χ4v) is 3.12. The van der Waals surface area contributed by atoms with Crippen LogP contribution in [0.15, 0.2) is 69.9 Å². The number of nitrogens with one attached hydrogen (secondary N) is 1. The summed E-state index contributed by atoms with van der Waals surface area (Å²) in [5, 5.41) is 4.07. The predicted molar refractivity (Wildman–Crippen MR) is 104 cm³/mol. The van der Waals surface area contributed by atoms with Gasteiger partial charge in [-0.3, -0.25) is 9.59 Å². The number of hydrogen-bond acceptors (Lipinski definition) is 3. The third kappa shape index (κ3) is 2.85. The highest BCUT2D eigenvalue weighted by atomic mass is 35.5. The third-order valence-electron chi connectivity index (χ3n) is 4.19. The molecule has 0 aliphatic carbocycles. The first-order valence-electron chi connectivity index (χ1n) is 8.06. The van der Waals surface area contributed by atoms with E-state index in [1.807, 2.05) is 25.1 Å². The van der Waals surface area contributed by atoms with Crippen molar-refractivity contribution in [3.8, 4) is 0 Å². The van der Waals surface area contributed by atoms with Gasteiger partial charge in [-0.25, -0.2) is 0 Å². The second-order valence-corrected chi connectivity index (χ2v) is 6.49. The third-order valence-corrected chi connectivity index (χ3v) is 4.49. The number of rotatable bonds is 2. The number of para-hydroxylation sites is 1. The van der Waals surface area contributed by atoms with E-state index in [4.69, 9.17) is 16.0 Å². The number of hydrogen-bond donors (Lipinski definition) is 1. The number of amides is 1. The van der Waals surface area contributed by atoms with Gasteiger partial charge in [-0.2, -0.15) is 0 Å². The Balaban J connectivity index is 1.78. The van der Waals surface area contributed by atoms with Crippen LogP contribution in [0, 0.1) is 6.92 Å². The van der Waals surface area contributed by atoms with Crippen LogP contribution in [0.3, 0.4) is 0 Å². The highest BCUT2D eigenvalue weighted by Crippen LogP contribution is 2.26. The molecule has 0 radical (unpaired) electrons. The summed E-state index contributed by atoms with van der Waals surface area (Å²) >= 11 is 6.15. The first kappa shape index (κ1) is 16.4. The minimum absolute atomic E-state index is 0.152. The summed E-state index contributed by atoms with van der Waals surface area (Å²) in [6.07, 6.45) is 0. The zero-order chi connectivity index (χ0) is 18.3. The molecule has 0 aliphatic heterocycles. The molecule has 26 heavy (non-hydrogen) atoms. The lowest BCUT2D eigenvalue weighted by Crippen LogP contribution is -2.12. The summed E-state index contributed by atoms with van der Waals surface area (Å²) in [4.78, 5) is 25.0. The van der Waals surface area contributed by atoms with Gasteiger partial charge in [-0.1, -0.05) is 35.4 Å². The summed E-state index contributed by atoms with van der Waals surface area (Å²) in [5.41, 5.74) is 2.67. The van der Waals surface area contributed by atoms with E-state index in [9.17, 15) is 9.59 Å². The molecule has 4 aromatic rings. The predicted octanol–water partition coefficient (Wildman–Crippen LogP) is 5.16. The first-order valence-corrected chi connectivity index (χ1v) is 8.44. The Bertz CT molecular complexity index is 1230. The molecule has 0 spiro atoms. The van der Waals surface area contributed by atoms with Crippen molar-refractivity contribution in [2.75, 3.05) is 5.32 Å². The quantitative estimate of drug-likeness (QED) is 0.500. The molecule has 1 heterocycles. The van der Waals surface area contributed by atoms with Gasteiger partial charge in [0.15, 0.2) is 5.58 Å². The maximum atomic E-state index is 12.6. The molecule has 0 fully saturated rings. The molecule has 5 heteroatoms. The number of carbonyl (C=O) groups excluding carboxylic acids is 1. The van der Waals surface area contributed by atoms with Crippen molar-refractivity contribution < 1.29 is 9.21 Å². The Hall–Kier alpha value is -3.11. The maximum absolute atomic E-state index is 12.6. The SMILES string of the molecule is Cc1cccc(C(=O)Nc2ccc3c(=O)c4cccc(Cl)c4oc3c2)c1. The topological polar surface area (TPSA) is 59.3 Å². The summed E-state index contributed by atoms with van der Waals surface area (Å²) in [6, 6.07) is 17.3. The molecule has 0 aliphatic rings. The molecule has 128 valence electrons. The number of aryl methyl sites for hydroxylation is 1. The largest absolute Gasteiger partial charge is 0.454 e. The van der Waals surface area contributed by atoms with Crippen LogP contribution in [0.1, 0.15) is 15.9 Å². The Morgan fingerprint density at radius 3 is 2.62 bits per heavy atom. The summed E-state index contributed by atoms with van der Waals surface area (Å²) in [6.45, 7) is 1.93. The Labute approximate surface area is 154 Å². The molecule has 4 nitrogen and oxygen atoms in total. The summed E-state index contributed by atoms with van der Waals surface area (Å²) < 4.78 is 5.82. The Kier molecular flexibility index (Phi) is 3.98. The van der Waals surface area contributed by atoms with E-state index in [0.717, 1.165) is 5.56 Å². The molecule has 0 unspecified atom stereocenters. The second-order valence-electron chi connectivity index (χ2n) is 6.08. The normalized spacial score (nSPS) is 11.0. The molecule has 3 aromatic carbocycles. The van der Waals surface area contributed by atoms with Crippen LogP contribution in [-0.4, -0.2) is 5.91 Å². The van der Waals surface area contributed by atoms with Crippen molar-refractivity contribution >= 4 is 45.1 Å². The first-order chi connectivity index (χ1) is 12.5. The standard InChI is InChI=1S/C21H14ClNO3/c1-12-4-2-5-13(10-12)21(25)23-14-8-9-15-18(11-14)26-20-16(19(15)24)6-3-7-17(20)22/h2-11H,1H3,(H,23,25). The van der Waals surface area contributed by atoms with Gasteiger partial charge < -0.3 is 9.73 Å². The highest BCUT2D eigenvalue weighted by molar-refractivity contribution is 6.34. The van der Waals surface area contributed by atoms with Crippen LogP contribution in [0.5, 0.6) is 0 Å². The number of carbonyl (C=O) groups is 1. The van der Waals surface area contributed by atoms with Gasteiger partial charge in [-0.05, 0) is 43.3 Å². The lowest BCUT2D eigenvalue weighted by molar-refractivity contribution is 0.102. The van der Waals surface area contributed by atoms with E-state index in [1.165, 1.54) is 0 Å². The maximum Gasteiger partial charge on any atom is 0.255 e. The number of halogens is 1. The van der Waals surface area contributed by atoms with Crippen molar-refractivity contribution in [1.82, 2.24) is 0 Å². The van der Waals surface area contributed by atoms with Gasteiger partial charge in [0.2, 0.25) is 5.43 Å². The lowest BCUT2D eigenvalue weighted by Gasteiger charge is -2.08. The van der Waals surface area contributed by atoms with E-state index in [-0.39, 0.29) is 11.3 Å². The fraction of sp³-hybridized carbons (Fsp3) is 0.0476. The summed E-state index contributed by atoms with van der Waals surface area (Å²) in [7, 11) is 0. The average molecular weight is 364 g/mol. The van der Waals surface area contributed by atoms with E-state index in [1.54, 1.807) is 42.5 Å². The molecule has 0 bridgehead atoms. The molecule has 1 aromatic heterocycles. The van der Waals surface area contributed by atoms with Crippen molar-refractivity contribution in [3.63, 3.8) is 0 Å². The molecule has 4 rings (SSSR count). The van der Waals surface area contributed by atoms with Gasteiger partial charge in [-0.15, -0.1) is 0 Å². The molecule has 0 saturated carbocycles. The number of fused-ring (bicyclic) bond motifs is 2. The minimum Gasteiger partial charge on any atom is -0.454 e. The van der Waals surface area contributed by atoms with E-state index < -0.39 is 0 Å². The van der Waals surface area contributed by atoms with Crippen molar-refractivity contribution in [3.05, 3.63) is 87.0 Å². The smallest absolute Gasteiger partial charge is 0.255 e. The Morgan fingerprint density at radius 1 is 1.00 bits per heavy atom. The van der Waals surface area contributed by atoms with Crippen LogP contribution in [0.2, 0.25) is 5.02 Å². The second kappa shape index (κ2) is 6.32. The van der Waals surface area contributed by atoms with E-state index in [2.05, 4.69) is 5.32 Å². The molecule has 1 N–H and O–H groups in total.